The highest BCUT2D eigenvalue weighted by atomic mass is 16.6. The molecule has 21 heavy (non-hydrogen) atoms. The third-order valence-corrected chi connectivity index (χ3v) is 3.40. The highest BCUT2D eigenvalue weighted by molar-refractivity contribution is 6.03. The Bertz CT molecular complexity index is 725. The van der Waals surface area contributed by atoms with E-state index in [-0.39, 0.29) is 11.3 Å². The van der Waals surface area contributed by atoms with Crippen LogP contribution in [0.1, 0.15) is 22.3 Å². The van der Waals surface area contributed by atoms with Crippen molar-refractivity contribution in [1.29, 1.82) is 0 Å². The summed E-state index contributed by atoms with van der Waals surface area (Å²) < 4.78 is 5.40. The van der Waals surface area contributed by atoms with Crippen LogP contribution in [0.5, 0.6) is 23.0 Å². The van der Waals surface area contributed by atoms with Crippen molar-refractivity contribution in [3.05, 3.63) is 47.5 Å². The first-order valence-corrected chi connectivity index (χ1v) is 6.20. The van der Waals surface area contributed by atoms with Gasteiger partial charge in [0.2, 0.25) is 11.5 Å². The molecule has 0 aromatic heterocycles. The average molecular weight is 288 g/mol. The van der Waals surface area contributed by atoms with Crippen LogP contribution in [0.2, 0.25) is 0 Å². The highest BCUT2D eigenvalue weighted by Gasteiger charge is 2.42. The number of rotatable bonds is 1. The number of hydrogen-bond acceptors (Lipinski definition) is 6. The Labute approximate surface area is 119 Å². The number of Topliss-reactive ketones (excluding diaryl/α,β-unsaturated/α-hetero) is 1. The van der Waals surface area contributed by atoms with E-state index in [2.05, 4.69) is 0 Å². The smallest absolute Gasteiger partial charge is 0.242 e. The van der Waals surface area contributed by atoms with E-state index in [0.29, 0.717) is 5.56 Å². The zero-order valence-electron chi connectivity index (χ0n) is 10.8. The lowest BCUT2D eigenvalue weighted by molar-refractivity contribution is -0.147. The summed E-state index contributed by atoms with van der Waals surface area (Å²) in [6.45, 7) is 0. The molecule has 1 atom stereocenters. The molecule has 4 N–H and O–H groups in total. The Kier molecular flexibility index (Phi) is 2.77. The van der Waals surface area contributed by atoms with E-state index in [9.17, 15) is 25.2 Å². The fourth-order valence-corrected chi connectivity index (χ4v) is 2.35. The summed E-state index contributed by atoms with van der Waals surface area (Å²) in [6, 6.07) is 9.29. The van der Waals surface area contributed by atoms with E-state index in [1.165, 1.54) is 0 Å². The predicted molar refractivity (Wildman–Crippen MR) is 71.4 cm³/mol. The van der Waals surface area contributed by atoms with Crippen molar-refractivity contribution in [2.45, 2.75) is 12.2 Å². The number of fused-ring (bicyclic) bond motifs is 1. The van der Waals surface area contributed by atoms with Crippen LogP contribution in [-0.2, 0) is 5.79 Å². The quantitative estimate of drug-likeness (QED) is 0.594. The average Bonchev–Trinajstić information content (AvgIpc) is 2.45. The minimum atomic E-state index is -1.89. The van der Waals surface area contributed by atoms with Crippen molar-refractivity contribution in [2.75, 3.05) is 0 Å². The number of ketones is 1. The number of carbonyl (C=O) groups excluding carboxylic acids is 1. The molecule has 0 unspecified atom stereocenters. The van der Waals surface area contributed by atoms with Crippen LogP contribution in [0, 0.1) is 0 Å². The molecular weight excluding hydrogens is 276 g/mol. The largest absolute Gasteiger partial charge is 0.504 e. The van der Waals surface area contributed by atoms with Crippen LogP contribution in [0.15, 0.2) is 36.4 Å². The van der Waals surface area contributed by atoms with Gasteiger partial charge in [-0.2, -0.15) is 0 Å². The van der Waals surface area contributed by atoms with Crippen molar-refractivity contribution in [3.63, 3.8) is 0 Å². The van der Waals surface area contributed by atoms with Crippen molar-refractivity contribution in [3.8, 4) is 23.0 Å². The van der Waals surface area contributed by atoms with E-state index >= 15 is 0 Å². The van der Waals surface area contributed by atoms with Crippen LogP contribution in [-0.4, -0.2) is 26.2 Å². The first-order chi connectivity index (χ1) is 9.92. The molecular formula is C15H12O6. The number of benzene rings is 2. The highest BCUT2D eigenvalue weighted by Crippen LogP contribution is 2.48. The fraction of sp³-hybridized carbons (Fsp3) is 0.133. The van der Waals surface area contributed by atoms with E-state index in [0.717, 1.165) is 6.07 Å². The fourth-order valence-electron chi connectivity index (χ4n) is 2.35. The summed E-state index contributed by atoms with van der Waals surface area (Å²) in [7, 11) is 0. The second kappa shape index (κ2) is 4.39. The van der Waals surface area contributed by atoms with Crippen LogP contribution in [0.25, 0.3) is 0 Å². The van der Waals surface area contributed by atoms with Crippen LogP contribution >= 0.6 is 0 Å². The maximum Gasteiger partial charge on any atom is 0.242 e. The predicted octanol–water partition coefficient (Wildman–Crippen LogP) is 1.61. The SMILES string of the molecule is O=C1C[C@@](O)(c2ccccc2)Oc2cc(O)c(O)c(O)c21. The molecule has 1 heterocycles. The van der Waals surface area contributed by atoms with Crippen molar-refractivity contribution >= 4 is 5.78 Å². The lowest BCUT2D eigenvalue weighted by Crippen LogP contribution is -2.39. The minimum Gasteiger partial charge on any atom is -0.504 e. The Morgan fingerprint density at radius 1 is 1.05 bits per heavy atom. The molecule has 0 saturated carbocycles. The lowest BCUT2D eigenvalue weighted by Gasteiger charge is -2.33. The molecule has 6 heteroatoms. The Morgan fingerprint density at radius 2 is 1.71 bits per heavy atom. The molecule has 2 aromatic rings. The summed E-state index contributed by atoms with van der Waals surface area (Å²) in [5.74, 6) is -4.88. The molecule has 0 aliphatic carbocycles. The summed E-state index contributed by atoms with van der Waals surface area (Å²) >= 11 is 0. The van der Waals surface area contributed by atoms with E-state index in [1.54, 1.807) is 30.3 Å². The van der Waals surface area contributed by atoms with Crippen molar-refractivity contribution in [1.82, 2.24) is 0 Å². The Balaban J connectivity index is 2.14. The van der Waals surface area contributed by atoms with Gasteiger partial charge < -0.3 is 25.2 Å². The molecule has 1 aliphatic rings. The van der Waals surface area contributed by atoms with Gasteiger partial charge >= 0.3 is 0 Å². The van der Waals surface area contributed by atoms with Crippen LogP contribution in [0.4, 0.5) is 0 Å². The lowest BCUT2D eigenvalue weighted by atomic mass is 9.92. The number of carbonyl (C=O) groups is 1. The molecule has 1 aliphatic heterocycles. The first-order valence-electron chi connectivity index (χ1n) is 6.20. The second-order valence-corrected chi connectivity index (χ2v) is 4.82. The van der Waals surface area contributed by atoms with E-state index in [1.807, 2.05) is 0 Å². The minimum absolute atomic E-state index is 0.189. The number of ether oxygens (including phenoxy) is 1. The van der Waals surface area contributed by atoms with Gasteiger partial charge in [0, 0.05) is 11.6 Å². The second-order valence-electron chi connectivity index (χ2n) is 4.82. The van der Waals surface area contributed by atoms with E-state index < -0.39 is 35.2 Å². The monoisotopic (exact) mass is 288 g/mol. The van der Waals surface area contributed by atoms with Gasteiger partial charge in [-0.05, 0) is 0 Å². The normalized spacial score (nSPS) is 20.7. The van der Waals surface area contributed by atoms with Crippen LogP contribution in [0.3, 0.4) is 0 Å². The van der Waals surface area contributed by atoms with Gasteiger partial charge in [0.25, 0.3) is 0 Å². The molecule has 0 fully saturated rings. The third kappa shape index (κ3) is 1.96. The maximum atomic E-state index is 12.2. The molecule has 0 saturated heterocycles. The number of phenols is 3. The van der Waals surface area contributed by atoms with Gasteiger partial charge in [0.15, 0.2) is 17.3 Å². The maximum absolute atomic E-state index is 12.2. The summed E-state index contributed by atoms with van der Waals surface area (Å²) in [5, 5.41) is 39.2. The van der Waals surface area contributed by atoms with Gasteiger partial charge in [0.05, 0.1) is 6.42 Å². The molecule has 2 aromatic carbocycles. The first kappa shape index (κ1) is 13.3. The molecule has 0 radical (unpaired) electrons. The van der Waals surface area contributed by atoms with Gasteiger partial charge in [-0.15, -0.1) is 0 Å². The van der Waals surface area contributed by atoms with E-state index in [4.69, 9.17) is 4.74 Å². The number of phenolic OH excluding ortho intramolecular Hbond substituents is 3. The number of aromatic hydroxyl groups is 3. The van der Waals surface area contributed by atoms with Gasteiger partial charge in [-0.3, -0.25) is 4.79 Å². The van der Waals surface area contributed by atoms with Gasteiger partial charge in [-0.25, -0.2) is 0 Å². The standard InChI is InChI=1S/C15H12O6/c16-9-6-11-12(14(19)13(9)18)10(17)7-15(20,21-11)8-4-2-1-3-5-8/h1-6,16,18-20H,7H2/t15-/m0/s1. The zero-order chi connectivity index (χ0) is 15.2. The molecule has 0 bridgehead atoms. The Morgan fingerprint density at radius 3 is 2.38 bits per heavy atom. The Hall–Kier alpha value is -2.73. The summed E-state index contributed by atoms with van der Waals surface area (Å²) in [6.07, 6.45) is -0.415. The number of hydrogen-bond donors (Lipinski definition) is 4. The molecule has 6 nitrogen and oxygen atoms in total. The van der Waals surface area contributed by atoms with Crippen molar-refractivity contribution < 1.29 is 30.0 Å². The summed E-state index contributed by atoms with van der Waals surface area (Å²) in [4.78, 5) is 12.2. The van der Waals surface area contributed by atoms with Crippen LogP contribution < -0.4 is 4.74 Å². The van der Waals surface area contributed by atoms with Crippen molar-refractivity contribution in [2.24, 2.45) is 0 Å². The van der Waals surface area contributed by atoms with Gasteiger partial charge in [-0.1, -0.05) is 30.3 Å². The third-order valence-electron chi connectivity index (χ3n) is 3.40. The number of aliphatic hydroxyl groups is 1. The topological polar surface area (TPSA) is 107 Å². The molecule has 3 rings (SSSR count). The molecule has 108 valence electrons. The molecule has 0 spiro atoms. The van der Waals surface area contributed by atoms with Gasteiger partial charge in [0.1, 0.15) is 11.3 Å². The zero-order valence-corrected chi connectivity index (χ0v) is 10.8. The summed E-state index contributed by atoms with van der Waals surface area (Å²) in [5.41, 5.74) is 0.113. The molecule has 0 amide bonds.